The summed E-state index contributed by atoms with van der Waals surface area (Å²) in [6, 6.07) is 5.31. The van der Waals surface area contributed by atoms with E-state index in [1.165, 1.54) is 6.92 Å². The summed E-state index contributed by atoms with van der Waals surface area (Å²) >= 11 is 0. The lowest BCUT2D eigenvalue weighted by Crippen LogP contribution is -2.50. The molecule has 1 heterocycles. The van der Waals surface area contributed by atoms with E-state index in [-0.39, 0.29) is 47.2 Å². The second-order valence-electron chi connectivity index (χ2n) is 9.41. The normalized spacial score (nSPS) is 26.9. The maximum absolute atomic E-state index is 13.1. The van der Waals surface area contributed by atoms with Gasteiger partial charge in [-0.25, -0.2) is 4.79 Å². The van der Waals surface area contributed by atoms with Crippen LogP contribution >= 0.6 is 0 Å². The van der Waals surface area contributed by atoms with Crippen LogP contribution in [0.15, 0.2) is 24.3 Å². The first-order valence-electron chi connectivity index (χ1n) is 11.1. The molecule has 3 aliphatic rings. The van der Waals surface area contributed by atoms with Crippen LogP contribution in [-0.2, 0) is 23.9 Å². The molecule has 0 unspecified atom stereocenters. The topological polar surface area (TPSA) is 110 Å². The summed E-state index contributed by atoms with van der Waals surface area (Å²) in [5, 5.41) is 2.60. The molecule has 1 aliphatic heterocycles. The minimum atomic E-state index is -1.04. The Hall–Kier alpha value is -3.03. The number of carbonyl (C=O) groups excluding carboxylic acids is 5. The van der Waals surface area contributed by atoms with Crippen molar-refractivity contribution >= 4 is 35.2 Å². The molecule has 0 spiro atoms. The largest absolute Gasteiger partial charge is 0.454 e. The molecule has 1 aromatic carbocycles. The zero-order valence-electron chi connectivity index (χ0n) is 18.5. The van der Waals surface area contributed by atoms with Crippen molar-refractivity contribution in [3.63, 3.8) is 0 Å². The van der Waals surface area contributed by atoms with Crippen molar-refractivity contribution in [2.75, 3.05) is 11.9 Å². The Kier molecular flexibility index (Phi) is 5.88. The lowest BCUT2D eigenvalue weighted by atomic mass is 9.81. The van der Waals surface area contributed by atoms with Gasteiger partial charge in [-0.05, 0) is 68.2 Å². The highest BCUT2D eigenvalue weighted by molar-refractivity contribution is 6.08. The summed E-state index contributed by atoms with van der Waals surface area (Å²) in [5.41, 5.74) is 0.983. The van der Waals surface area contributed by atoms with E-state index in [0.29, 0.717) is 11.3 Å². The third-order valence-corrected chi connectivity index (χ3v) is 7.03. The molecule has 0 radical (unpaired) electrons. The summed E-state index contributed by atoms with van der Waals surface area (Å²) in [6.45, 7) is 4.43. The van der Waals surface area contributed by atoms with Crippen LogP contribution < -0.4 is 5.32 Å². The number of nitrogens with zero attached hydrogens (tertiary/aromatic N) is 1. The fourth-order valence-electron chi connectivity index (χ4n) is 5.59. The molecule has 5 atom stereocenters. The second-order valence-corrected chi connectivity index (χ2v) is 9.41. The van der Waals surface area contributed by atoms with Crippen LogP contribution in [0.1, 0.15) is 50.4 Å². The average Bonchev–Trinajstić information content (AvgIpc) is 3.42. The van der Waals surface area contributed by atoms with Crippen LogP contribution in [0.5, 0.6) is 0 Å². The number of fused-ring (bicyclic) bond motifs is 5. The zero-order valence-corrected chi connectivity index (χ0v) is 18.5. The number of ketones is 1. The zero-order chi connectivity index (χ0) is 23.2. The van der Waals surface area contributed by atoms with Crippen LogP contribution in [0, 0.1) is 29.6 Å². The van der Waals surface area contributed by atoms with Gasteiger partial charge in [-0.2, -0.15) is 0 Å². The molecule has 3 fully saturated rings. The number of nitrogens with one attached hydrogen (secondary N) is 1. The first-order valence-corrected chi connectivity index (χ1v) is 11.1. The Bertz CT molecular complexity index is 941. The summed E-state index contributed by atoms with van der Waals surface area (Å²) in [5.74, 6) is -2.41. The number of hydrogen-bond acceptors (Lipinski definition) is 6. The second kappa shape index (κ2) is 8.48. The number of likely N-dealkylation sites (tertiary alicyclic amines) is 1. The Morgan fingerprint density at radius 1 is 1.03 bits per heavy atom. The van der Waals surface area contributed by atoms with Crippen molar-refractivity contribution < 1.29 is 28.7 Å². The third kappa shape index (κ3) is 3.82. The molecule has 0 aromatic heterocycles. The number of rotatable bonds is 7. The molecule has 8 nitrogen and oxygen atoms in total. The smallest absolute Gasteiger partial charge is 0.330 e. The first kappa shape index (κ1) is 22.2. The molecule has 2 bridgehead atoms. The van der Waals surface area contributed by atoms with Gasteiger partial charge in [-0.3, -0.25) is 24.1 Å². The SMILES string of the molecule is CC(=O)c1ccc(NC(=O)COC(=O)[C@H](C(C)C)N2C(=O)[C@H]3[C@H]4CC[C@@H](C4)[C@@H]3C2=O)cc1. The molecule has 8 heteroatoms. The Labute approximate surface area is 186 Å². The Morgan fingerprint density at radius 2 is 1.59 bits per heavy atom. The molecule has 1 aromatic rings. The first-order chi connectivity index (χ1) is 15.2. The van der Waals surface area contributed by atoms with Gasteiger partial charge in [-0.15, -0.1) is 0 Å². The predicted molar refractivity (Wildman–Crippen MR) is 114 cm³/mol. The van der Waals surface area contributed by atoms with Crippen molar-refractivity contribution in [3.8, 4) is 0 Å². The van der Waals surface area contributed by atoms with Crippen molar-refractivity contribution in [1.29, 1.82) is 0 Å². The van der Waals surface area contributed by atoms with Gasteiger partial charge in [-0.1, -0.05) is 13.8 Å². The number of amides is 3. The molecule has 3 amide bonds. The number of Topliss-reactive ketones (excluding diaryl/α,β-unsaturated/α-hetero) is 1. The van der Waals surface area contributed by atoms with E-state index in [1.54, 1.807) is 38.1 Å². The number of anilines is 1. The van der Waals surface area contributed by atoms with Gasteiger partial charge in [0, 0.05) is 11.3 Å². The Balaban J connectivity index is 1.38. The van der Waals surface area contributed by atoms with Crippen LogP contribution in [0.2, 0.25) is 0 Å². The highest BCUT2D eigenvalue weighted by Crippen LogP contribution is 2.56. The van der Waals surface area contributed by atoms with Crippen molar-refractivity contribution in [3.05, 3.63) is 29.8 Å². The molecular formula is C24H28N2O6. The number of imide groups is 1. The minimum Gasteiger partial charge on any atom is -0.454 e. The van der Waals surface area contributed by atoms with E-state index in [0.717, 1.165) is 24.2 Å². The highest BCUT2D eigenvalue weighted by atomic mass is 16.5. The van der Waals surface area contributed by atoms with Crippen molar-refractivity contribution in [2.45, 2.75) is 46.1 Å². The standard InChI is InChI=1S/C24H28N2O6/c1-12(2)21(26-22(29)19-15-4-5-16(10-15)20(19)23(26)30)24(31)32-11-18(28)25-17-8-6-14(7-9-17)13(3)27/h6-9,12,15-16,19-21H,4-5,10-11H2,1-3H3,(H,25,28)/t15-,16-,19-,20-,21-/m0/s1. The van der Waals surface area contributed by atoms with Crippen LogP contribution in [0.25, 0.3) is 0 Å². The molecule has 2 aliphatic carbocycles. The van der Waals surface area contributed by atoms with Crippen LogP contribution in [0.4, 0.5) is 5.69 Å². The summed E-state index contributed by atoms with van der Waals surface area (Å²) in [4.78, 5) is 63.7. The number of hydrogen-bond donors (Lipinski definition) is 1. The monoisotopic (exact) mass is 440 g/mol. The predicted octanol–water partition coefficient (Wildman–Crippen LogP) is 2.43. The van der Waals surface area contributed by atoms with E-state index in [1.807, 2.05) is 0 Å². The molecule has 1 N–H and O–H groups in total. The summed E-state index contributed by atoms with van der Waals surface area (Å²) < 4.78 is 5.21. The van der Waals surface area contributed by atoms with E-state index >= 15 is 0 Å². The van der Waals surface area contributed by atoms with Gasteiger partial charge in [0.15, 0.2) is 12.4 Å². The fourth-order valence-corrected chi connectivity index (χ4v) is 5.59. The average molecular weight is 440 g/mol. The van der Waals surface area contributed by atoms with E-state index in [9.17, 15) is 24.0 Å². The summed E-state index contributed by atoms with van der Waals surface area (Å²) in [6.07, 6.45) is 2.84. The lowest BCUT2D eigenvalue weighted by molar-refractivity contribution is -0.162. The number of benzene rings is 1. The Morgan fingerprint density at radius 3 is 2.09 bits per heavy atom. The van der Waals surface area contributed by atoms with Crippen molar-refractivity contribution in [2.24, 2.45) is 29.6 Å². The van der Waals surface area contributed by atoms with E-state index in [4.69, 9.17) is 4.74 Å². The number of esters is 1. The minimum absolute atomic E-state index is 0.0836. The van der Waals surface area contributed by atoms with Gasteiger partial charge < -0.3 is 10.1 Å². The molecule has 1 saturated heterocycles. The lowest BCUT2D eigenvalue weighted by Gasteiger charge is -2.28. The van der Waals surface area contributed by atoms with Gasteiger partial charge in [0.05, 0.1) is 11.8 Å². The third-order valence-electron chi connectivity index (χ3n) is 7.03. The van der Waals surface area contributed by atoms with Gasteiger partial charge >= 0.3 is 5.97 Å². The van der Waals surface area contributed by atoms with Crippen LogP contribution in [0.3, 0.4) is 0 Å². The van der Waals surface area contributed by atoms with E-state index < -0.39 is 24.5 Å². The van der Waals surface area contributed by atoms with Gasteiger partial charge in [0.1, 0.15) is 6.04 Å². The van der Waals surface area contributed by atoms with Gasteiger partial charge in [0.2, 0.25) is 11.8 Å². The highest BCUT2D eigenvalue weighted by Gasteiger charge is 2.62. The molecule has 32 heavy (non-hydrogen) atoms. The van der Waals surface area contributed by atoms with Gasteiger partial charge in [0.25, 0.3) is 5.91 Å². The molecular weight excluding hydrogens is 412 g/mol. The molecule has 2 saturated carbocycles. The van der Waals surface area contributed by atoms with Crippen LogP contribution in [-0.4, -0.2) is 47.0 Å². The maximum Gasteiger partial charge on any atom is 0.330 e. The number of carbonyl (C=O) groups is 5. The summed E-state index contributed by atoms with van der Waals surface area (Å²) in [7, 11) is 0. The number of ether oxygens (including phenoxy) is 1. The molecule has 4 rings (SSSR count). The van der Waals surface area contributed by atoms with Crippen molar-refractivity contribution in [1.82, 2.24) is 4.90 Å². The quantitative estimate of drug-likeness (QED) is 0.396. The van der Waals surface area contributed by atoms with E-state index in [2.05, 4.69) is 5.32 Å². The molecule has 170 valence electrons. The maximum atomic E-state index is 13.1. The fraction of sp³-hybridized carbons (Fsp3) is 0.542.